The number of ether oxygens (including phenoxy) is 1. The quantitative estimate of drug-likeness (QED) is 0.459. The highest BCUT2D eigenvalue weighted by molar-refractivity contribution is 5.10. The number of hydrogen-bond acceptors (Lipinski definition) is 2. The molecule has 0 bridgehead atoms. The summed E-state index contributed by atoms with van der Waals surface area (Å²) in [5, 5.41) is 0. The van der Waals surface area contributed by atoms with Crippen molar-refractivity contribution in [1.82, 2.24) is 0 Å². The Kier molecular flexibility index (Phi) is 55.0. The largest absolute Gasteiger partial charge is 0.373 e. The van der Waals surface area contributed by atoms with Gasteiger partial charge in [0, 0.05) is 0 Å². The third-order valence-corrected chi connectivity index (χ3v) is 0.471. The third-order valence-electron chi connectivity index (χ3n) is 0.471. The Hall–Kier alpha value is -1.15. The smallest absolute Gasteiger partial charge is 0.106 e. The lowest BCUT2D eigenvalue weighted by Gasteiger charge is -1.89. The summed E-state index contributed by atoms with van der Waals surface area (Å²) in [5.41, 5.74) is 0. The van der Waals surface area contributed by atoms with E-state index in [1.165, 1.54) is 0 Å². The first-order chi connectivity index (χ1) is 5.41. The van der Waals surface area contributed by atoms with Gasteiger partial charge in [-0.15, -0.1) is 26.3 Å². The van der Waals surface area contributed by atoms with E-state index in [1.54, 1.807) is 12.2 Å². The van der Waals surface area contributed by atoms with Crippen LogP contribution in [-0.2, 0) is 9.53 Å². The second-order valence-electron chi connectivity index (χ2n) is 1.11. The Morgan fingerprint density at radius 1 is 1.00 bits per heavy atom. The predicted molar refractivity (Wildman–Crippen MR) is 49.6 cm³/mol. The topological polar surface area (TPSA) is 26.3 Å². The van der Waals surface area contributed by atoms with Crippen molar-refractivity contribution in [1.29, 1.82) is 0 Å². The fraction of sp³-hybridized carbons (Fsp3) is 0.222. The molecule has 0 spiro atoms. The van der Waals surface area contributed by atoms with Crippen LogP contribution in [0.1, 0.15) is 0 Å². The molecule has 64 valence electrons. The molecule has 0 saturated heterocycles. The maximum absolute atomic E-state index is 8.00. The SMILES string of the molecule is C=C.C=CCOCC=C.C=O. The lowest BCUT2D eigenvalue weighted by atomic mass is 10.6. The van der Waals surface area contributed by atoms with E-state index in [0.717, 1.165) is 0 Å². The molecule has 0 aliphatic heterocycles. The van der Waals surface area contributed by atoms with Crippen LogP contribution in [0.25, 0.3) is 0 Å². The number of rotatable bonds is 4. The number of hydrogen-bond donors (Lipinski definition) is 0. The molecule has 0 unspecified atom stereocenters. The summed E-state index contributed by atoms with van der Waals surface area (Å²) in [5.74, 6) is 0. The summed E-state index contributed by atoms with van der Waals surface area (Å²) in [6.07, 6.45) is 3.42. The van der Waals surface area contributed by atoms with Crippen molar-refractivity contribution < 1.29 is 9.53 Å². The van der Waals surface area contributed by atoms with Crippen LogP contribution < -0.4 is 0 Å². The van der Waals surface area contributed by atoms with Crippen LogP contribution in [0.3, 0.4) is 0 Å². The summed E-state index contributed by atoms with van der Waals surface area (Å²) < 4.78 is 4.90. The average molecular weight is 156 g/mol. The number of carbonyl (C=O) groups excluding carboxylic acids is 1. The summed E-state index contributed by atoms with van der Waals surface area (Å²) in [4.78, 5) is 8.00. The molecule has 0 fully saturated rings. The fourth-order valence-corrected chi connectivity index (χ4v) is 0.235. The lowest BCUT2D eigenvalue weighted by Crippen LogP contribution is -1.87. The molecule has 0 saturated carbocycles. The zero-order valence-electron chi connectivity index (χ0n) is 6.92. The summed E-state index contributed by atoms with van der Waals surface area (Å²) >= 11 is 0. The minimum atomic E-state index is 0.617. The monoisotopic (exact) mass is 156 g/mol. The molecule has 0 aromatic rings. The van der Waals surface area contributed by atoms with E-state index in [-0.39, 0.29) is 0 Å². The van der Waals surface area contributed by atoms with E-state index in [4.69, 9.17) is 9.53 Å². The molecule has 0 aromatic heterocycles. The van der Waals surface area contributed by atoms with E-state index >= 15 is 0 Å². The Bertz CT molecular complexity index is 69.6. The van der Waals surface area contributed by atoms with E-state index in [0.29, 0.717) is 13.2 Å². The van der Waals surface area contributed by atoms with Gasteiger partial charge in [-0.3, -0.25) is 0 Å². The molecule has 2 heteroatoms. The van der Waals surface area contributed by atoms with Crippen molar-refractivity contribution in [3.8, 4) is 0 Å². The standard InChI is InChI=1S/C6H10O.C2H4.CH2O/c1-3-5-7-6-4-2;2*1-2/h3-4H,1-2,5-6H2;1-2H2;1H2. The molecule has 0 amide bonds. The van der Waals surface area contributed by atoms with Gasteiger partial charge >= 0.3 is 0 Å². The van der Waals surface area contributed by atoms with Crippen molar-refractivity contribution in [2.24, 2.45) is 0 Å². The normalized spacial score (nSPS) is 5.82. The molecule has 0 rings (SSSR count). The zero-order chi connectivity index (χ0) is 9.54. The maximum atomic E-state index is 8.00. The minimum absolute atomic E-state index is 0.617. The highest BCUT2D eigenvalue weighted by Crippen LogP contribution is 1.72. The van der Waals surface area contributed by atoms with Crippen LogP contribution >= 0.6 is 0 Å². The molecule has 0 atom stereocenters. The van der Waals surface area contributed by atoms with Crippen LogP contribution in [0.15, 0.2) is 38.5 Å². The van der Waals surface area contributed by atoms with E-state index < -0.39 is 0 Å². The van der Waals surface area contributed by atoms with Crippen molar-refractivity contribution in [2.75, 3.05) is 13.2 Å². The first-order valence-electron chi connectivity index (χ1n) is 3.00. The average Bonchev–Trinajstić information content (AvgIpc) is 2.13. The van der Waals surface area contributed by atoms with Gasteiger partial charge in [0.2, 0.25) is 0 Å². The maximum Gasteiger partial charge on any atom is 0.106 e. The first-order valence-corrected chi connectivity index (χ1v) is 3.00. The van der Waals surface area contributed by atoms with Crippen molar-refractivity contribution in [3.63, 3.8) is 0 Å². The Morgan fingerprint density at radius 3 is 1.45 bits per heavy atom. The Morgan fingerprint density at radius 2 is 1.27 bits per heavy atom. The Balaban J connectivity index is -0.000000138. The molecule has 0 aliphatic carbocycles. The summed E-state index contributed by atoms with van der Waals surface area (Å²) in [6.45, 7) is 16.2. The van der Waals surface area contributed by atoms with Crippen molar-refractivity contribution in [2.45, 2.75) is 0 Å². The fourth-order valence-electron chi connectivity index (χ4n) is 0.235. The number of carbonyl (C=O) groups is 1. The second-order valence-corrected chi connectivity index (χ2v) is 1.11. The van der Waals surface area contributed by atoms with Gasteiger partial charge in [-0.25, -0.2) is 0 Å². The van der Waals surface area contributed by atoms with Gasteiger partial charge in [-0.1, -0.05) is 12.2 Å². The van der Waals surface area contributed by atoms with Crippen molar-refractivity contribution >= 4 is 6.79 Å². The highest BCUT2D eigenvalue weighted by atomic mass is 16.5. The van der Waals surface area contributed by atoms with Crippen LogP contribution in [0.4, 0.5) is 0 Å². The lowest BCUT2D eigenvalue weighted by molar-refractivity contribution is -0.0979. The molecule has 0 aliphatic rings. The minimum Gasteiger partial charge on any atom is -0.373 e. The third kappa shape index (κ3) is 51.1. The van der Waals surface area contributed by atoms with Crippen molar-refractivity contribution in [3.05, 3.63) is 38.5 Å². The van der Waals surface area contributed by atoms with Gasteiger partial charge in [0.1, 0.15) is 6.79 Å². The van der Waals surface area contributed by atoms with E-state index in [9.17, 15) is 0 Å². The van der Waals surface area contributed by atoms with Gasteiger partial charge in [0.05, 0.1) is 13.2 Å². The molecular weight excluding hydrogens is 140 g/mol. The predicted octanol–water partition coefficient (Wildman–Crippen LogP) is 1.99. The van der Waals surface area contributed by atoms with Gasteiger partial charge in [-0.2, -0.15) is 0 Å². The Labute approximate surface area is 68.9 Å². The van der Waals surface area contributed by atoms with Crippen LogP contribution in [0, 0.1) is 0 Å². The van der Waals surface area contributed by atoms with Crippen LogP contribution in [0.2, 0.25) is 0 Å². The first kappa shape index (κ1) is 16.4. The summed E-state index contributed by atoms with van der Waals surface area (Å²) in [7, 11) is 0. The zero-order valence-corrected chi connectivity index (χ0v) is 6.92. The van der Waals surface area contributed by atoms with Gasteiger partial charge < -0.3 is 9.53 Å². The molecule has 0 N–H and O–H groups in total. The molecular formula is C9H16O2. The molecule has 11 heavy (non-hydrogen) atoms. The van der Waals surface area contributed by atoms with Crippen LogP contribution in [0.5, 0.6) is 0 Å². The summed E-state index contributed by atoms with van der Waals surface area (Å²) in [6, 6.07) is 0. The van der Waals surface area contributed by atoms with Gasteiger partial charge in [-0.05, 0) is 0 Å². The van der Waals surface area contributed by atoms with Crippen LogP contribution in [-0.4, -0.2) is 20.0 Å². The van der Waals surface area contributed by atoms with E-state index in [2.05, 4.69) is 26.3 Å². The van der Waals surface area contributed by atoms with E-state index in [1.807, 2.05) is 6.79 Å². The van der Waals surface area contributed by atoms with Gasteiger partial charge in [0.15, 0.2) is 0 Å². The van der Waals surface area contributed by atoms with Gasteiger partial charge in [0.25, 0.3) is 0 Å². The molecule has 0 aromatic carbocycles. The molecule has 0 heterocycles. The molecule has 0 radical (unpaired) electrons. The molecule has 2 nitrogen and oxygen atoms in total. The highest BCUT2D eigenvalue weighted by Gasteiger charge is 1.70. The second kappa shape index (κ2) is 36.8.